The van der Waals surface area contributed by atoms with Crippen LogP contribution in [0.2, 0.25) is 0 Å². The quantitative estimate of drug-likeness (QED) is 0.452. The Morgan fingerprint density at radius 3 is 2.25 bits per heavy atom. The van der Waals surface area contributed by atoms with E-state index in [4.69, 9.17) is 30.8 Å². The van der Waals surface area contributed by atoms with Gasteiger partial charge in [0.15, 0.2) is 11.5 Å². The fraction of sp³-hybridized carbons (Fsp3) is 0.417. The van der Waals surface area contributed by atoms with Gasteiger partial charge in [-0.25, -0.2) is 4.68 Å². The lowest BCUT2D eigenvalue weighted by molar-refractivity contribution is 0.138. The van der Waals surface area contributed by atoms with Gasteiger partial charge in [0.1, 0.15) is 0 Å². The standard InChI is InChI=1S/C24H29N3O4S/c1-28-20-14-19(15-21(29-2)22(20)30-3)23-25-27(24(32)31-23)16-26-11-9-18(10-12-26)13-17-7-5-4-6-8-17/h4-8,14-15,18H,9-13,16H2,1-3H3. The fourth-order valence-electron chi connectivity index (χ4n) is 4.19. The molecule has 1 aromatic heterocycles. The maximum Gasteiger partial charge on any atom is 0.288 e. The fourth-order valence-corrected chi connectivity index (χ4v) is 4.36. The van der Waals surface area contributed by atoms with Crippen LogP contribution in [0.15, 0.2) is 46.9 Å². The smallest absolute Gasteiger partial charge is 0.288 e. The summed E-state index contributed by atoms with van der Waals surface area (Å²) in [6, 6.07) is 14.3. The summed E-state index contributed by atoms with van der Waals surface area (Å²) in [5, 5.41) is 4.62. The van der Waals surface area contributed by atoms with Gasteiger partial charge in [-0.15, -0.1) is 5.10 Å². The van der Waals surface area contributed by atoms with E-state index in [1.807, 2.05) is 0 Å². The summed E-state index contributed by atoms with van der Waals surface area (Å²) in [5.74, 6) is 2.74. The van der Waals surface area contributed by atoms with Crippen molar-refractivity contribution in [1.82, 2.24) is 14.7 Å². The van der Waals surface area contributed by atoms with Crippen LogP contribution < -0.4 is 14.2 Å². The Morgan fingerprint density at radius 2 is 1.66 bits per heavy atom. The van der Waals surface area contributed by atoms with Crippen molar-refractivity contribution in [3.63, 3.8) is 0 Å². The monoisotopic (exact) mass is 455 g/mol. The summed E-state index contributed by atoms with van der Waals surface area (Å²) < 4.78 is 23.8. The Bertz CT molecular complexity index is 1060. The van der Waals surface area contributed by atoms with Crippen molar-refractivity contribution >= 4 is 12.2 Å². The molecule has 0 atom stereocenters. The highest BCUT2D eigenvalue weighted by molar-refractivity contribution is 7.71. The van der Waals surface area contributed by atoms with Gasteiger partial charge in [-0.2, -0.15) is 0 Å². The summed E-state index contributed by atoms with van der Waals surface area (Å²) in [4.78, 5) is 2.72. The predicted octanol–water partition coefficient (Wildman–Crippen LogP) is 4.81. The first-order valence-electron chi connectivity index (χ1n) is 10.8. The Balaban J connectivity index is 1.43. The van der Waals surface area contributed by atoms with E-state index in [1.54, 1.807) is 38.1 Å². The van der Waals surface area contributed by atoms with E-state index in [0.717, 1.165) is 19.5 Å². The number of piperidine rings is 1. The first kappa shape index (κ1) is 22.4. The highest BCUT2D eigenvalue weighted by Crippen LogP contribution is 2.40. The zero-order chi connectivity index (χ0) is 22.5. The minimum absolute atomic E-state index is 0.347. The number of benzene rings is 2. The van der Waals surface area contributed by atoms with Crippen molar-refractivity contribution in [2.45, 2.75) is 25.9 Å². The van der Waals surface area contributed by atoms with E-state index in [1.165, 1.54) is 18.4 Å². The van der Waals surface area contributed by atoms with E-state index in [9.17, 15) is 0 Å². The van der Waals surface area contributed by atoms with E-state index in [2.05, 4.69) is 40.3 Å². The number of rotatable bonds is 8. The van der Waals surface area contributed by atoms with Gasteiger partial charge in [0.2, 0.25) is 11.6 Å². The molecular weight excluding hydrogens is 426 g/mol. The highest BCUT2D eigenvalue weighted by atomic mass is 32.1. The molecule has 3 aromatic rings. The minimum atomic E-state index is 0.347. The number of hydrogen-bond acceptors (Lipinski definition) is 7. The Kier molecular flexibility index (Phi) is 7.12. The van der Waals surface area contributed by atoms with Crippen LogP contribution >= 0.6 is 12.2 Å². The highest BCUT2D eigenvalue weighted by Gasteiger charge is 2.22. The van der Waals surface area contributed by atoms with Crippen LogP contribution in [0.3, 0.4) is 0 Å². The van der Waals surface area contributed by atoms with Crippen molar-refractivity contribution in [3.8, 4) is 28.7 Å². The average molecular weight is 456 g/mol. The van der Waals surface area contributed by atoms with Crippen LogP contribution in [0.4, 0.5) is 0 Å². The molecule has 0 N–H and O–H groups in total. The van der Waals surface area contributed by atoms with E-state index < -0.39 is 0 Å². The van der Waals surface area contributed by atoms with Crippen molar-refractivity contribution in [2.24, 2.45) is 5.92 Å². The molecule has 0 aliphatic carbocycles. The van der Waals surface area contributed by atoms with Gasteiger partial charge in [0, 0.05) is 18.7 Å². The molecule has 1 aliphatic rings. The first-order chi connectivity index (χ1) is 15.6. The van der Waals surface area contributed by atoms with E-state index in [-0.39, 0.29) is 0 Å². The summed E-state index contributed by atoms with van der Waals surface area (Å²) >= 11 is 5.44. The molecule has 2 heterocycles. The third-order valence-electron chi connectivity index (χ3n) is 5.93. The number of methoxy groups -OCH3 is 3. The Labute approximate surface area is 193 Å². The lowest BCUT2D eigenvalue weighted by atomic mass is 9.90. The largest absolute Gasteiger partial charge is 0.493 e. The zero-order valence-corrected chi connectivity index (χ0v) is 19.6. The van der Waals surface area contributed by atoms with Crippen molar-refractivity contribution in [3.05, 3.63) is 52.9 Å². The second kappa shape index (κ2) is 10.2. The number of ether oxygens (including phenoxy) is 3. The van der Waals surface area contributed by atoms with Crippen LogP contribution in [0.1, 0.15) is 18.4 Å². The third-order valence-corrected chi connectivity index (χ3v) is 6.22. The van der Waals surface area contributed by atoms with Crippen molar-refractivity contribution in [1.29, 1.82) is 0 Å². The SMILES string of the molecule is COc1cc(-c2nn(CN3CCC(Cc4ccccc4)CC3)c(=S)o2)cc(OC)c1OC. The molecule has 2 aromatic carbocycles. The molecule has 1 aliphatic heterocycles. The molecular formula is C24H29N3O4S. The summed E-state index contributed by atoms with van der Waals surface area (Å²) in [6.45, 7) is 2.65. The van der Waals surface area contributed by atoms with Crippen LogP contribution in [0, 0.1) is 10.8 Å². The normalized spacial score (nSPS) is 15.0. The number of hydrogen-bond donors (Lipinski definition) is 0. The maximum absolute atomic E-state index is 5.80. The topological polar surface area (TPSA) is 61.9 Å². The maximum atomic E-state index is 5.80. The molecule has 0 spiro atoms. The first-order valence-corrected chi connectivity index (χ1v) is 11.2. The molecule has 7 nitrogen and oxygen atoms in total. The zero-order valence-electron chi connectivity index (χ0n) is 18.7. The molecule has 0 amide bonds. The number of likely N-dealkylation sites (tertiary alicyclic amines) is 1. The summed E-state index contributed by atoms with van der Waals surface area (Å²) in [6.07, 6.45) is 3.48. The van der Waals surface area contributed by atoms with Gasteiger partial charge >= 0.3 is 0 Å². The second-order valence-electron chi connectivity index (χ2n) is 7.98. The molecule has 0 radical (unpaired) electrons. The van der Waals surface area contributed by atoms with Gasteiger partial charge in [0.05, 0.1) is 28.0 Å². The van der Waals surface area contributed by atoms with Crippen LogP contribution in [0.5, 0.6) is 17.2 Å². The third kappa shape index (κ3) is 4.97. The Hall–Kier alpha value is -2.84. The van der Waals surface area contributed by atoms with Crippen LogP contribution in [-0.4, -0.2) is 49.1 Å². The van der Waals surface area contributed by atoms with Gasteiger partial charge < -0.3 is 18.6 Å². The van der Waals surface area contributed by atoms with E-state index >= 15 is 0 Å². The lowest BCUT2D eigenvalue weighted by Crippen LogP contribution is -2.36. The molecule has 0 saturated carbocycles. The van der Waals surface area contributed by atoms with Crippen molar-refractivity contribution < 1.29 is 18.6 Å². The van der Waals surface area contributed by atoms with Crippen LogP contribution in [-0.2, 0) is 13.1 Å². The minimum Gasteiger partial charge on any atom is -0.493 e. The molecule has 4 rings (SSSR count). The number of aromatic nitrogens is 2. The van der Waals surface area contributed by atoms with Crippen LogP contribution in [0.25, 0.3) is 11.5 Å². The van der Waals surface area contributed by atoms with Gasteiger partial charge in [0.25, 0.3) is 4.84 Å². The molecule has 170 valence electrons. The van der Waals surface area contributed by atoms with Gasteiger partial charge in [-0.3, -0.25) is 4.90 Å². The molecule has 0 unspecified atom stereocenters. The number of nitrogens with zero attached hydrogens (tertiary/aromatic N) is 3. The molecule has 32 heavy (non-hydrogen) atoms. The average Bonchev–Trinajstić information content (AvgIpc) is 3.20. The summed E-state index contributed by atoms with van der Waals surface area (Å²) in [7, 11) is 4.73. The Morgan fingerprint density at radius 1 is 1.00 bits per heavy atom. The second-order valence-corrected chi connectivity index (χ2v) is 8.33. The molecule has 1 fully saturated rings. The predicted molar refractivity (Wildman–Crippen MR) is 125 cm³/mol. The summed E-state index contributed by atoms with van der Waals surface area (Å²) in [5.41, 5.74) is 2.13. The van der Waals surface area contributed by atoms with E-state index in [0.29, 0.717) is 46.1 Å². The molecule has 1 saturated heterocycles. The van der Waals surface area contributed by atoms with Gasteiger partial charge in [-0.1, -0.05) is 30.3 Å². The lowest BCUT2D eigenvalue weighted by Gasteiger charge is -2.31. The van der Waals surface area contributed by atoms with Gasteiger partial charge in [-0.05, 0) is 55.1 Å². The molecule has 8 heteroatoms. The molecule has 0 bridgehead atoms. The van der Waals surface area contributed by atoms with Crippen molar-refractivity contribution in [2.75, 3.05) is 34.4 Å².